The molecule has 246 valence electrons. The van der Waals surface area contributed by atoms with E-state index in [0.717, 1.165) is 44.3 Å². The van der Waals surface area contributed by atoms with Gasteiger partial charge in [-0.3, -0.25) is 4.98 Å². The fourth-order valence-corrected chi connectivity index (χ4v) is 8.28. The van der Waals surface area contributed by atoms with E-state index in [1.54, 1.807) is 0 Å². The number of pyridine rings is 2. The predicted molar refractivity (Wildman–Crippen MR) is 223 cm³/mol. The summed E-state index contributed by atoms with van der Waals surface area (Å²) in [5, 5.41) is 9.57. The number of para-hydroxylation sites is 1. The van der Waals surface area contributed by atoms with Crippen LogP contribution in [0.4, 0.5) is 0 Å². The van der Waals surface area contributed by atoms with Crippen molar-refractivity contribution in [3.05, 3.63) is 188 Å². The maximum atomic E-state index is 5.35. The summed E-state index contributed by atoms with van der Waals surface area (Å²) >= 11 is 0. The molecular weight excluding hydrogens is 643 g/mol. The molecule has 0 unspecified atom stereocenters. The van der Waals surface area contributed by atoms with Crippen LogP contribution in [0.25, 0.3) is 104 Å². The van der Waals surface area contributed by atoms with Gasteiger partial charge in [-0.2, -0.15) is 0 Å². The summed E-state index contributed by atoms with van der Waals surface area (Å²) in [4.78, 5) is 10.1. The lowest BCUT2D eigenvalue weighted by Crippen LogP contribution is -1.97. The number of rotatable bonds is 4. The van der Waals surface area contributed by atoms with Crippen LogP contribution in [0.5, 0.6) is 0 Å². The SMILES string of the molecule is c1ccc(-c2ccc3c4ccccc4n(-c4cc(-c5ccc6ccc7cccnc7c6n5)cc(-c5cc6ccccc6c6ccccc56)c4)c3c2)cc1. The van der Waals surface area contributed by atoms with Gasteiger partial charge in [-0.25, -0.2) is 4.98 Å². The first-order chi connectivity index (χ1) is 26.3. The van der Waals surface area contributed by atoms with Crippen molar-refractivity contribution in [3.63, 3.8) is 0 Å². The van der Waals surface area contributed by atoms with Crippen molar-refractivity contribution in [1.29, 1.82) is 0 Å². The lowest BCUT2D eigenvalue weighted by Gasteiger charge is -2.16. The Morgan fingerprint density at radius 2 is 1.04 bits per heavy atom. The second-order valence-electron chi connectivity index (χ2n) is 13.8. The van der Waals surface area contributed by atoms with Crippen molar-refractivity contribution in [2.24, 2.45) is 0 Å². The van der Waals surface area contributed by atoms with Crippen molar-refractivity contribution in [3.8, 4) is 39.2 Å². The quantitative estimate of drug-likeness (QED) is 0.174. The van der Waals surface area contributed by atoms with Gasteiger partial charge in [0.1, 0.15) is 0 Å². The topological polar surface area (TPSA) is 30.7 Å². The highest BCUT2D eigenvalue weighted by Gasteiger charge is 2.18. The Balaban J connectivity index is 1.24. The third kappa shape index (κ3) is 4.75. The van der Waals surface area contributed by atoms with E-state index in [-0.39, 0.29) is 0 Å². The molecule has 0 aliphatic rings. The summed E-state index contributed by atoms with van der Waals surface area (Å²) in [6, 6.07) is 65.8. The van der Waals surface area contributed by atoms with E-state index in [1.165, 1.54) is 60.0 Å². The molecule has 11 aromatic rings. The molecule has 3 nitrogen and oxygen atoms in total. The highest BCUT2D eigenvalue weighted by atomic mass is 15.0. The Labute approximate surface area is 306 Å². The monoisotopic (exact) mass is 673 g/mol. The largest absolute Gasteiger partial charge is 0.309 e. The number of nitrogens with zero attached hydrogens (tertiary/aromatic N) is 3. The molecule has 0 bridgehead atoms. The molecule has 3 heteroatoms. The van der Waals surface area contributed by atoms with Crippen LogP contribution in [0, 0.1) is 0 Å². The Bertz CT molecular complexity index is 3230. The molecule has 0 saturated heterocycles. The lowest BCUT2D eigenvalue weighted by atomic mass is 9.92. The summed E-state index contributed by atoms with van der Waals surface area (Å²) in [5.74, 6) is 0. The normalized spacial score (nSPS) is 11.8. The minimum atomic E-state index is 0.910. The molecule has 0 N–H and O–H groups in total. The minimum absolute atomic E-state index is 0.910. The van der Waals surface area contributed by atoms with Crippen molar-refractivity contribution in [1.82, 2.24) is 14.5 Å². The standard InChI is InChI=1S/C50H31N3/c1-2-11-32(12-3-1)35-22-24-44-43-18-8-9-19-47(43)53(48(44)31-35)39-28-37(45-30-36-13-4-5-15-40(36)41-16-6-7-17-42(41)45)27-38(29-39)46-25-23-34-21-20-33-14-10-26-51-49(33)50(34)52-46/h1-31H. The maximum Gasteiger partial charge on any atom is 0.0972 e. The summed E-state index contributed by atoms with van der Waals surface area (Å²) in [6.07, 6.45) is 1.85. The molecule has 0 spiro atoms. The Morgan fingerprint density at radius 3 is 1.92 bits per heavy atom. The molecule has 3 aromatic heterocycles. The van der Waals surface area contributed by atoms with Crippen LogP contribution in [0.2, 0.25) is 0 Å². The van der Waals surface area contributed by atoms with E-state index in [1.807, 2.05) is 12.3 Å². The van der Waals surface area contributed by atoms with E-state index in [9.17, 15) is 0 Å². The van der Waals surface area contributed by atoms with E-state index < -0.39 is 0 Å². The molecule has 0 radical (unpaired) electrons. The van der Waals surface area contributed by atoms with Crippen LogP contribution in [0.15, 0.2) is 188 Å². The molecule has 0 aliphatic carbocycles. The first-order valence-electron chi connectivity index (χ1n) is 18.1. The highest BCUT2D eigenvalue weighted by molar-refractivity contribution is 6.14. The summed E-state index contributed by atoms with van der Waals surface area (Å²) in [5.41, 5.74) is 11.9. The average molecular weight is 674 g/mol. The summed E-state index contributed by atoms with van der Waals surface area (Å²) in [7, 11) is 0. The zero-order valence-corrected chi connectivity index (χ0v) is 28.7. The van der Waals surface area contributed by atoms with E-state index >= 15 is 0 Å². The number of hydrogen-bond donors (Lipinski definition) is 0. The smallest absolute Gasteiger partial charge is 0.0972 e. The number of hydrogen-bond acceptors (Lipinski definition) is 2. The molecule has 11 rings (SSSR count). The maximum absolute atomic E-state index is 5.35. The number of fused-ring (bicyclic) bond motifs is 9. The van der Waals surface area contributed by atoms with Crippen molar-refractivity contribution >= 4 is 65.2 Å². The van der Waals surface area contributed by atoms with Crippen LogP contribution in [0.1, 0.15) is 0 Å². The molecule has 53 heavy (non-hydrogen) atoms. The summed E-state index contributed by atoms with van der Waals surface area (Å²) in [6.45, 7) is 0. The van der Waals surface area contributed by atoms with Crippen LogP contribution in [0.3, 0.4) is 0 Å². The van der Waals surface area contributed by atoms with Crippen molar-refractivity contribution in [2.45, 2.75) is 0 Å². The number of benzene rings is 8. The first kappa shape index (κ1) is 29.6. The van der Waals surface area contributed by atoms with Gasteiger partial charge in [-0.05, 0) is 92.3 Å². The Hall–Kier alpha value is -7.10. The van der Waals surface area contributed by atoms with Crippen LogP contribution in [-0.2, 0) is 0 Å². The van der Waals surface area contributed by atoms with Crippen molar-refractivity contribution in [2.75, 3.05) is 0 Å². The lowest BCUT2D eigenvalue weighted by molar-refractivity contribution is 1.18. The molecule has 3 heterocycles. The van der Waals surface area contributed by atoms with Gasteiger partial charge in [-0.1, -0.05) is 133 Å². The first-order valence-corrected chi connectivity index (χ1v) is 18.1. The zero-order chi connectivity index (χ0) is 34.9. The van der Waals surface area contributed by atoms with Crippen LogP contribution in [-0.4, -0.2) is 14.5 Å². The van der Waals surface area contributed by atoms with Gasteiger partial charge in [-0.15, -0.1) is 0 Å². The minimum Gasteiger partial charge on any atom is -0.309 e. The Morgan fingerprint density at radius 1 is 0.358 bits per heavy atom. The summed E-state index contributed by atoms with van der Waals surface area (Å²) < 4.78 is 2.44. The van der Waals surface area contributed by atoms with Gasteiger partial charge in [0.15, 0.2) is 0 Å². The van der Waals surface area contributed by atoms with Crippen LogP contribution >= 0.6 is 0 Å². The second-order valence-corrected chi connectivity index (χ2v) is 13.8. The molecule has 0 saturated carbocycles. The zero-order valence-electron chi connectivity index (χ0n) is 28.7. The average Bonchev–Trinajstić information content (AvgIpc) is 3.57. The van der Waals surface area contributed by atoms with Gasteiger partial charge < -0.3 is 4.57 Å². The van der Waals surface area contributed by atoms with Gasteiger partial charge in [0.2, 0.25) is 0 Å². The van der Waals surface area contributed by atoms with Crippen molar-refractivity contribution < 1.29 is 0 Å². The van der Waals surface area contributed by atoms with Gasteiger partial charge in [0, 0.05) is 39.0 Å². The molecule has 0 amide bonds. The molecule has 0 fully saturated rings. The fourth-order valence-electron chi connectivity index (χ4n) is 8.28. The van der Waals surface area contributed by atoms with E-state index in [2.05, 4.69) is 180 Å². The van der Waals surface area contributed by atoms with E-state index in [4.69, 9.17) is 9.97 Å². The van der Waals surface area contributed by atoms with Gasteiger partial charge in [0.05, 0.1) is 27.8 Å². The van der Waals surface area contributed by atoms with E-state index in [0.29, 0.717) is 0 Å². The van der Waals surface area contributed by atoms with Crippen LogP contribution < -0.4 is 0 Å². The highest BCUT2D eigenvalue weighted by Crippen LogP contribution is 2.41. The Kier molecular flexibility index (Phi) is 6.55. The molecule has 8 aromatic carbocycles. The molecular formula is C50H31N3. The molecule has 0 atom stereocenters. The van der Waals surface area contributed by atoms with Gasteiger partial charge in [0.25, 0.3) is 0 Å². The number of aromatic nitrogens is 3. The fraction of sp³-hybridized carbons (Fsp3) is 0. The predicted octanol–water partition coefficient (Wildman–Crippen LogP) is 13.2. The van der Waals surface area contributed by atoms with Gasteiger partial charge >= 0.3 is 0 Å². The molecule has 0 aliphatic heterocycles. The third-order valence-corrected chi connectivity index (χ3v) is 10.8. The third-order valence-electron chi connectivity index (χ3n) is 10.8. The second kappa shape index (κ2) is 11.7.